The fourth-order valence-corrected chi connectivity index (χ4v) is 4.11. The molecule has 2 radical (unpaired) electrons. The van der Waals surface area contributed by atoms with Gasteiger partial charge in [0, 0.05) is 0 Å². The molecule has 0 amide bonds. The first-order chi connectivity index (χ1) is 9.28. The topological polar surface area (TPSA) is 18.5 Å². The third-order valence-electron chi connectivity index (χ3n) is 3.84. The average molecular weight is 377 g/mol. The van der Waals surface area contributed by atoms with Crippen LogP contribution in [0.4, 0.5) is 0 Å². The molecule has 0 aromatic rings. The Hall–Kier alpha value is 0.719. The molecule has 0 aromatic heterocycles. The molecule has 2 unspecified atom stereocenters. The quantitative estimate of drug-likeness (QED) is 0.314. The Morgan fingerprint density at radius 2 is 1.16 bits per heavy atom. The molecular weight excluding hydrogens is 343 g/mol. The van der Waals surface area contributed by atoms with Crippen LogP contribution in [0.5, 0.6) is 0 Å². The molecular formula is C16H34O2Sn. The summed E-state index contributed by atoms with van der Waals surface area (Å²) in [5.74, 6) is 1.51. The Morgan fingerprint density at radius 1 is 0.737 bits per heavy atom. The molecule has 2 atom stereocenters. The normalized spacial score (nSPS) is 14.5. The SMILES string of the molecule is CCCCC(CC)C[O][Sn][O]CC(CC)CCCC. The predicted molar refractivity (Wildman–Crippen MR) is 84.3 cm³/mol. The fraction of sp³-hybridized carbons (Fsp3) is 1.00. The molecule has 3 heteroatoms. The van der Waals surface area contributed by atoms with E-state index in [-0.39, 0.29) is 0 Å². The Morgan fingerprint density at radius 3 is 1.47 bits per heavy atom. The molecule has 0 aliphatic heterocycles. The standard InChI is InChI=1S/2C8H17O.Sn/c2*1-3-5-6-8(4-2)7-9;/h2*8H,3-7H2,1-2H3;/q2*-1;+2. The second kappa shape index (κ2) is 15.1. The van der Waals surface area contributed by atoms with Crippen LogP contribution in [0.1, 0.15) is 79.1 Å². The molecule has 0 saturated heterocycles. The number of hydrogen-bond donors (Lipinski definition) is 0. The molecule has 0 rings (SSSR count). The summed E-state index contributed by atoms with van der Waals surface area (Å²) in [6.07, 6.45) is 10.4. The van der Waals surface area contributed by atoms with Gasteiger partial charge in [0.1, 0.15) is 0 Å². The summed E-state index contributed by atoms with van der Waals surface area (Å²) < 4.78 is 11.7. The number of hydrogen-bond acceptors (Lipinski definition) is 2. The molecule has 19 heavy (non-hydrogen) atoms. The van der Waals surface area contributed by atoms with Gasteiger partial charge in [0.2, 0.25) is 0 Å². The van der Waals surface area contributed by atoms with E-state index in [2.05, 4.69) is 27.7 Å². The molecule has 0 heterocycles. The average Bonchev–Trinajstić information content (AvgIpc) is 2.45. The number of rotatable bonds is 14. The van der Waals surface area contributed by atoms with Gasteiger partial charge in [0.25, 0.3) is 0 Å². The van der Waals surface area contributed by atoms with Crippen LogP contribution in [0.15, 0.2) is 0 Å². The summed E-state index contributed by atoms with van der Waals surface area (Å²) in [5.41, 5.74) is 0. The monoisotopic (exact) mass is 378 g/mol. The third kappa shape index (κ3) is 12.2. The van der Waals surface area contributed by atoms with E-state index >= 15 is 0 Å². The zero-order chi connectivity index (χ0) is 14.3. The Labute approximate surface area is 132 Å². The van der Waals surface area contributed by atoms with Crippen molar-refractivity contribution in [2.75, 3.05) is 13.2 Å². The van der Waals surface area contributed by atoms with Crippen molar-refractivity contribution < 1.29 is 6.15 Å². The number of unbranched alkanes of at least 4 members (excludes halogenated alkanes) is 2. The van der Waals surface area contributed by atoms with Gasteiger partial charge in [-0.05, 0) is 0 Å². The van der Waals surface area contributed by atoms with Crippen LogP contribution in [0.25, 0.3) is 0 Å². The van der Waals surface area contributed by atoms with E-state index in [0.29, 0.717) is 0 Å². The third-order valence-corrected chi connectivity index (χ3v) is 5.47. The van der Waals surface area contributed by atoms with Crippen molar-refractivity contribution in [2.24, 2.45) is 11.8 Å². The molecule has 0 fully saturated rings. The summed E-state index contributed by atoms with van der Waals surface area (Å²) in [4.78, 5) is 0. The molecule has 0 N–H and O–H groups in total. The maximum atomic E-state index is 5.83. The van der Waals surface area contributed by atoms with Gasteiger partial charge in [-0.1, -0.05) is 0 Å². The molecule has 0 spiro atoms. The van der Waals surface area contributed by atoms with Crippen LogP contribution in [0, 0.1) is 11.8 Å². The minimum atomic E-state index is -1.01. The van der Waals surface area contributed by atoms with E-state index in [0.717, 1.165) is 25.0 Å². The molecule has 114 valence electrons. The van der Waals surface area contributed by atoms with Crippen LogP contribution in [0.2, 0.25) is 0 Å². The van der Waals surface area contributed by atoms with Gasteiger partial charge in [-0.25, -0.2) is 0 Å². The van der Waals surface area contributed by atoms with E-state index in [9.17, 15) is 0 Å². The first kappa shape index (κ1) is 19.7. The van der Waals surface area contributed by atoms with Crippen molar-refractivity contribution in [3.63, 3.8) is 0 Å². The molecule has 2 nitrogen and oxygen atoms in total. The van der Waals surface area contributed by atoms with Crippen molar-refractivity contribution in [1.82, 2.24) is 0 Å². The summed E-state index contributed by atoms with van der Waals surface area (Å²) >= 11 is -1.01. The minimum absolute atomic E-state index is 0.756. The Kier molecular flexibility index (Phi) is 15.7. The molecule has 0 aromatic carbocycles. The van der Waals surface area contributed by atoms with Gasteiger partial charge in [0.05, 0.1) is 0 Å². The van der Waals surface area contributed by atoms with Gasteiger partial charge < -0.3 is 0 Å². The van der Waals surface area contributed by atoms with E-state index in [1.54, 1.807) is 0 Å². The zero-order valence-corrected chi connectivity index (χ0v) is 16.4. The van der Waals surface area contributed by atoms with Gasteiger partial charge in [0.15, 0.2) is 0 Å². The zero-order valence-electron chi connectivity index (χ0n) is 13.5. The van der Waals surface area contributed by atoms with E-state index in [1.807, 2.05) is 0 Å². The van der Waals surface area contributed by atoms with Crippen molar-refractivity contribution in [3.8, 4) is 0 Å². The van der Waals surface area contributed by atoms with E-state index < -0.39 is 22.0 Å². The maximum absolute atomic E-state index is 5.83. The van der Waals surface area contributed by atoms with E-state index in [1.165, 1.54) is 51.4 Å². The van der Waals surface area contributed by atoms with Crippen molar-refractivity contribution in [2.45, 2.75) is 79.1 Å². The first-order valence-electron chi connectivity index (χ1n) is 8.26. The van der Waals surface area contributed by atoms with Crippen molar-refractivity contribution in [3.05, 3.63) is 0 Å². The second-order valence-electron chi connectivity index (χ2n) is 5.54. The Balaban J connectivity index is 3.50. The van der Waals surface area contributed by atoms with Crippen molar-refractivity contribution >= 4 is 22.0 Å². The molecule has 0 bridgehead atoms. The van der Waals surface area contributed by atoms with Gasteiger partial charge in [-0.2, -0.15) is 0 Å². The van der Waals surface area contributed by atoms with Crippen LogP contribution in [-0.4, -0.2) is 35.2 Å². The van der Waals surface area contributed by atoms with Crippen LogP contribution in [0.3, 0.4) is 0 Å². The predicted octanol–water partition coefficient (Wildman–Crippen LogP) is 4.99. The Bertz CT molecular complexity index is 158. The molecule has 0 aliphatic carbocycles. The van der Waals surface area contributed by atoms with Crippen LogP contribution >= 0.6 is 0 Å². The summed E-state index contributed by atoms with van der Waals surface area (Å²) in [7, 11) is 0. The van der Waals surface area contributed by atoms with Crippen molar-refractivity contribution in [1.29, 1.82) is 0 Å². The van der Waals surface area contributed by atoms with Gasteiger partial charge >= 0.3 is 132 Å². The fourth-order valence-electron chi connectivity index (χ4n) is 2.14. The molecule has 0 aliphatic rings. The van der Waals surface area contributed by atoms with E-state index in [4.69, 9.17) is 6.15 Å². The summed E-state index contributed by atoms with van der Waals surface area (Å²) in [6.45, 7) is 10.9. The van der Waals surface area contributed by atoms with Crippen LogP contribution in [-0.2, 0) is 6.15 Å². The molecule has 0 saturated carbocycles. The second-order valence-corrected chi connectivity index (χ2v) is 7.66. The summed E-state index contributed by atoms with van der Waals surface area (Å²) in [5, 5.41) is 0. The van der Waals surface area contributed by atoms with Gasteiger partial charge in [-0.15, -0.1) is 0 Å². The van der Waals surface area contributed by atoms with Gasteiger partial charge in [-0.3, -0.25) is 0 Å². The van der Waals surface area contributed by atoms with Crippen LogP contribution < -0.4 is 0 Å². The first-order valence-corrected chi connectivity index (χ1v) is 10.6. The summed E-state index contributed by atoms with van der Waals surface area (Å²) in [6, 6.07) is 0.